The van der Waals surface area contributed by atoms with Crippen molar-refractivity contribution in [2.75, 3.05) is 11.9 Å². The predicted octanol–water partition coefficient (Wildman–Crippen LogP) is 1.52. The number of nitrogens with one attached hydrogen (secondary N) is 1. The largest absolute Gasteiger partial charge is 0.467 e. The summed E-state index contributed by atoms with van der Waals surface area (Å²) in [5.41, 5.74) is 0.831. The lowest BCUT2D eigenvalue weighted by Crippen LogP contribution is -2.12. The van der Waals surface area contributed by atoms with Crippen molar-refractivity contribution in [1.82, 2.24) is 9.97 Å². The number of nitrogens with zero attached hydrogens (tertiary/aromatic N) is 2. The van der Waals surface area contributed by atoms with Crippen LogP contribution in [0.15, 0.2) is 35.2 Å². The molecular weight excluding hydrogens is 206 g/mol. The van der Waals surface area contributed by atoms with Gasteiger partial charge in [0.1, 0.15) is 17.7 Å². The molecule has 5 heteroatoms. The number of aliphatic hydroxyl groups excluding tert-OH is 1. The minimum Gasteiger partial charge on any atom is -0.467 e. The number of aliphatic hydroxyl groups is 1. The minimum atomic E-state index is -0.683. The summed E-state index contributed by atoms with van der Waals surface area (Å²) in [5.74, 6) is 1.18. The molecule has 0 spiro atoms. The zero-order valence-electron chi connectivity index (χ0n) is 8.92. The summed E-state index contributed by atoms with van der Waals surface area (Å²) in [4.78, 5) is 8.21. The van der Waals surface area contributed by atoms with Crippen molar-refractivity contribution in [1.29, 1.82) is 0 Å². The van der Waals surface area contributed by atoms with Crippen LogP contribution in [0.5, 0.6) is 0 Å². The Morgan fingerprint density at radius 3 is 3.06 bits per heavy atom. The number of aryl methyl sites for hydroxylation is 1. The normalized spacial score (nSPS) is 12.4. The van der Waals surface area contributed by atoms with E-state index in [9.17, 15) is 5.11 Å². The van der Waals surface area contributed by atoms with Crippen LogP contribution < -0.4 is 5.32 Å². The van der Waals surface area contributed by atoms with E-state index in [0.717, 1.165) is 5.69 Å². The van der Waals surface area contributed by atoms with Crippen LogP contribution in [0.25, 0.3) is 0 Å². The van der Waals surface area contributed by atoms with Gasteiger partial charge in [-0.2, -0.15) is 0 Å². The lowest BCUT2D eigenvalue weighted by Gasteiger charge is -2.09. The third-order valence-electron chi connectivity index (χ3n) is 2.10. The SMILES string of the molecule is Cc1cncc(NC[C@@H](O)c2ccco2)n1. The molecule has 0 radical (unpaired) electrons. The van der Waals surface area contributed by atoms with Gasteiger partial charge >= 0.3 is 0 Å². The Labute approximate surface area is 93.2 Å². The van der Waals surface area contributed by atoms with E-state index in [1.54, 1.807) is 24.5 Å². The molecule has 0 aliphatic rings. The Hall–Kier alpha value is -1.88. The second kappa shape index (κ2) is 4.76. The Bertz CT molecular complexity index is 442. The van der Waals surface area contributed by atoms with E-state index >= 15 is 0 Å². The van der Waals surface area contributed by atoms with Crippen molar-refractivity contribution in [3.05, 3.63) is 42.2 Å². The molecule has 0 aliphatic heterocycles. The van der Waals surface area contributed by atoms with E-state index in [-0.39, 0.29) is 0 Å². The van der Waals surface area contributed by atoms with Gasteiger partial charge in [0, 0.05) is 12.7 Å². The Morgan fingerprint density at radius 2 is 2.38 bits per heavy atom. The molecule has 5 nitrogen and oxygen atoms in total. The van der Waals surface area contributed by atoms with Crippen LogP contribution in [0.1, 0.15) is 17.6 Å². The molecule has 0 saturated carbocycles. The summed E-state index contributed by atoms with van der Waals surface area (Å²) in [6.45, 7) is 2.20. The first-order valence-electron chi connectivity index (χ1n) is 4.99. The number of anilines is 1. The highest BCUT2D eigenvalue weighted by Gasteiger charge is 2.09. The van der Waals surface area contributed by atoms with Gasteiger partial charge < -0.3 is 14.8 Å². The molecule has 16 heavy (non-hydrogen) atoms. The minimum absolute atomic E-state index is 0.339. The third-order valence-corrected chi connectivity index (χ3v) is 2.10. The first-order chi connectivity index (χ1) is 7.75. The molecule has 2 rings (SSSR count). The van der Waals surface area contributed by atoms with Crippen molar-refractivity contribution in [3.8, 4) is 0 Å². The maximum Gasteiger partial charge on any atom is 0.144 e. The van der Waals surface area contributed by atoms with Gasteiger partial charge in [-0.3, -0.25) is 4.98 Å². The molecule has 2 aromatic heterocycles. The number of rotatable bonds is 4. The fourth-order valence-corrected chi connectivity index (χ4v) is 1.33. The first-order valence-corrected chi connectivity index (χ1v) is 4.99. The van der Waals surface area contributed by atoms with Gasteiger partial charge in [-0.25, -0.2) is 4.98 Å². The van der Waals surface area contributed by atoms with E-state index in [1.165, 1.54) is 6.26 Å². The fourth-order valence-electron chi connectivity index (χ4n) is 1.33. The molecule has 0 aromatic carbocycles. The second-order valence-electron chi connectivity index (χ2n) is 3.46. The zero-order valence-corrected chi connectivity index (χ0v) is 8.92. The summed E-state index contributed by atoms with van der Waals surface area (Å²) in [7, 11) is 0. The molecule has 2 aromatic rings. The van der Waals surface area contributed by atoms with Crippen molar-refractivity contribution >= 4 is 5.82 Å². The number of hydrogen-bond donors (Lipinski definition) is 2. The molecule has 0 unspecified atom stereocenters. The molecule has 0 fully saturated rings. The molecule has 0 saturated heterocycles. The average Bonchev–Trinajstić information content (AvgIpc) is 2.79. The number of furan rings is 1. The zero-order chi connectivity index (χ0) is 11.4. The summed E-state index contributed by atoms with van der Waals surface area (Å²) in [6.07, 6.45) is 4.14. The van der Waals surface area contributed by atoms with Crippen LogP contribution in [-0.4, -0.2) is 21.6 Å². The van der Waals surface area contributed by atoms with Crippen molar-refractivity contribution in [3.63, 3.8) is 0 Å². The Morgan fingerprint density at radius 1 is 1.50 bits per heavy atom. The van der Waals surface area contributed by atoms with E-state index < -0.39 is 6.10 Å². The lowest BCUT2D eigenvalue weighted by atomic mass is 10.3. The van der Waals surface area contributed by atoms with E-state index in [0.29, 0.717) is 18.1 Å². The molecule has 0 amide bonds. The molecular formula is C11H13N3O2. The van der Waals surface area contributed by atoms with E-state index in [4.69, 9.17) is 4.42 Å². The van der Waals surface area contributed by atoms with Crippen LogP contribution in [-0.2, 0) is 0 Å². The summed E-state index contributed by atoms with van der Waals surface area (Å²) >= 11 is 0. The quantitative estimate of drug-likeness (QED) is 0.815. The van der Waals surface area contributed by atoms with Gasteiger partial charge in [-0.15, -0.1) is 0 Å². The van der Waals surface area contributed by atoms with Crippen LogP contribution in [0.3, 0.4) is 0 Å². The molecule has 2 heterocycles. The van der Waals surface area contributed by atoms with E-state index in [1.807, 2.05) is 6.92 Å². The number of aromatic nitrogens is 2. The van der Waals surface area contributed by atoms with Crippen LogP contribution in [0, 0.1) is 6.92 Å². The fraction of sp³-hybridized carbons (Fsp3) is 0.273. The average molecular weight is 219 g/mol. The predicted molar refractivity (Wildman–Crippen MR) is 58.9 cm³/mol. The summed E-state index contributed by atoms with van der Waals surface area (Å²) in [5, 5.41) is 12.7. The topological polar surface area (TPSA) is 71.2 Å². The molecule has 0 bridgehead atoms. The van der Waals surface area contributed by atoms with Crippen molar-refractivity contribution in [2.45, 2.75) is 13.0 Å². The maximum atomic E-state index is 9.74. The highest BCUT2D eigenvalue weighted by Crippen LogP contribution is 2.13. The smallest absolute Gasteiger partial charge is 0.144 e. The van der Waals surface area contributed by atoms with Gasteiger partial charge in [-0.1, -0.05) is 0 Å². The van der Waals surface area contributed by atoms with Crippen LogP contribution in [0.2, 0.25) is 0 Å². The van der Waals surface area contributed by atoms with Gasteiger partial charge in [0.05, 0.1) is 18.2 Å². The van der Waals surface area contributed by atoms with Crippen LogP contribution >= 0.6 is 0 Å². The van der Waals surface area contributed by atoms with Gasteiger partial charge in [0.25, 0.3) is 0 Å². The van der Waals surface area contributed by atoms with Gasteiger partial charge in [0.2, 0.25) is 0 Å². The monoisotopic (exact) mass is 219 g/mol. The standard InChI is InChI=1S/C11H13N3O2/c1-8-5-12-7-11(14-8)13-6-9(15)10-3-2-4-16-10/h2-5,7,9,15H,6H2,1H3,(H,13,14)/t9-/m1/s1. The highest BCUT2D eigenvalue weighted by molar-refractivity contribution is 5.31. The summed E-state index contributed by atoms with van der Waals surface area (Å²) < 4.78 is 5.08. The third kappa shape index (κ3) is 2.58. The van der Waals surface area contributed by atoms with Crippen molar-refractivity contribution < 1.29 is 9.52 Å². The second-order valence-corrected chi connectivity index (χ2v) is 3.46. The Kier molecular flexibility index (Phi) is 3.16. The van der Waals surface area contributed by atoms with Gasteiger partial charge in [-0.05, 0) is 19.1 Å². The lowest BCUT2D eigenvalue weighted by molar-refractivity contribution is 0.162. The van der Waals surface area contributed by atoms with Gasteiger partial charge in [0.15, 0.2) is 0 Å². The molecule has 84 valence electrons. The van der Waals surface area contributed by atoms with E-state index in [2.05, 4.69) is 15.3 Å². The summed E-state index contributed by atoms with van der Waals surface area (Å²) in [6, 6.07) is 3.47. The van der Waals surface area contributed by atoms with Crippen LogP contribution in [0.4, 0.5) is 5.82 Å². The van der Waals surface area contributed by atoms with Crippen molar-refractivity contribution in [2.24, 2.45) is 0 Å². The molecule has 2 N–H and O–H groups in total. The maximum absolute atomic E-state index is 9.74. The Balaban J connectivity index is 1.92. The molecule has 0 aliphatic carbocycles. The first kappa shape index (κ1) is 10.6. The molecule has 1 atom stereocenters. The number of hydrogen-bond acceptors (Lipinski definition) is 5. The highest BCUT2D eigenvalue weighted by atomic mass is 16.4.